The van der Waals surface area contributed by atoms with Gasteiger partial charge in [0.25, 0.3) is 11.8 Å². The quantitative estimate of drug-likeness (QED) is 0.240. The molecule has 1 fully saturated rings. The summed E-state index contributed by atoms with van der Waals surface area (Å²) >= 11 is 0. The lowest BCUT2D eigenvalue weighted by atomic mass is 10.0. The number of hydrogen-bond acceptors (Lipinski definition) is 5. The molecule has 1 saturated heterocycles. The molecule has 4 amide bonds. The molecule has 0 aromatic heterocycles. The summed E-state index contributed by atoms with van der Waals surface area (Å²) in [6, 6.07) is 23.7. The van der Waals surface area contributed by atoms with E-state index in [2.05, 4.69) is 29.6 Å². The third-order valence-electron chi connectivity index (χ3n) is 6.87. The van der Waals surface area contributed by atoms with E-state index < -0.39 is 17.8 Å². The predicted molar refractivity (Wildman–Crippen MR) is 151 cm³/mol. The Morgan fingerprint density at radius 1 is 0.923 bits per heavy atom. The highest BCUT2D eigenvalue weighted by molar-refractivity contribution is 6.39. The van der Waals surface area contributed by atoms with E-state index >= 15 is 0 Å². The number of carbonyl (C=O) groups excluding carboxylic acids is 3. The molecule has 1 aliphatic heterocycles. The van der Waals surface area contributed by atoms with Crippen LogP contribution in [0.1, 0.15) is 29.2 Å². The van der Waals surface area contributed by atoms with E-state index in [1.165, 1.54) is 6.08 Å². The number of nitrogens with zero attached hydrogens (tertiary/aromatic N) is 1. The number of benzene rings is 4. The highest BCUT2D eigenvalue weighted by Crippen LogP contribution is 2.31. The van der Waals surface area contributed by atoms with Gasteiger partial charge in [0.05, 0.1) is 12.8 Å². The molecule has 0 atom stereocenters. The second-order valence-corrected chi connectivity index (χ2v) is 9.25. The molecule has 1 heterocycles. The van der Waals surface area contributed by atoms with Gasteiger partial charge in [0.2, 0.25) is 0 Å². The van der Waals surface area contributed by atoms with Crippen LogP contribution in [0.4, 0.5) is 10.5 Å². The third-order valence-corrected chi connectivity index (χ3v) is 6.87. The normalized spacial score (nSPS) is 14.6. The van der Waals surface area contributed by atoms with Crippen molar-refractivity contribution in [1.29, 1.82) is 0 Å². The van der Waals surface area contributed by atoms with Crippen molar-refractivity contribution in [3.8, 4) is 11.5 Å². The second-order valence-electron chi connectivity index (χ2n) is 9.25. The second kappa shape index (κ2) is 10.8. The first-order valence-corrected chi connectivity index (χ1v) is 12.7. The first kappa shape index (κ1) is 25.7. The number of methoxy groups -OCH3 is 1. The van der Waals surface area contributed by atoms with Gasteiger partial charge in [-0.15, -0.1) is 0 Å². The maximum atomic E-state index is 13.4. The fraction of sp³-hybridized carbons (Fsp3) is 0.156. The van der Waals surface area contributed by atoms with Gasteiger partial charge < -0.3 is 9.47 Å². The molecule has 7 heteroatoms. The van der Waals surface area contributed by atoms with Crippen LogP contribution >= 0.6 is 0 Å². The Morgan fingerprint density at radius 2 is 1.69 bits per heavy atom. The van der Waals surface area contributed by atoms with Gasteiger partial charge in [0.15, 0.2) is 0 Å². The number of imide groups is 2. The average Bonchev–Trinajstić information content (AvgIpc) is 2.95. The smallest absolute Gasteiger partial charge is 0.335 e. The molecular formula is C32H28N2O5. The van der Waals surface area contributed by atoms with Crippen molar-refractivity contribution in [2.75, 3.05) is 12.0 Å². The van der Waals surface area contributed by atoms with Crippen LogP contribution in [0.2, 0.25) is 0 Å². The minimum absolute atomic E-state index is 0.175. The maximum Gasteiger partial charge on any atom is 0.335 e. The van der Waals surface area contributed by atoms with Gasteiger partial charge >= 0.3 is 6.03 Å². The topological polar surface area (TPSA) is 84.9 Å². The number of amides is 4. The van der Waals surface area contributed by atoms with Gasteiger partial charge in [0, 0.05) is 17.2 Å². The van der Waals surface area contributed by atoms with Crippen molar-refractivity contribution in [3.63, 3.8) is 0 Å². The van der Waals surface area contributed by atoms with E-state index in [-0.39, 0.29) is 12.2 Å². The lowest BCUT2D eigenvalue weighted by Gasteiger charge is -2.26. The number of hydrogen-bond donors (Lipinski definition) is 1. The number of aryl methyl sites for hydroxylation is 2. The number of fused-ring (bicyclic) bond motifs is 1. The van der Waals surface area contributed by atoms with E-state index in [0.29, 0.717) is 22.7 Å². The molecule has 196 valence electrons. The van der Waals surface area contributed by atoms with Crippen molar-refractivity contribution in [3.05, 3.63) is 107 Å². The highest BCUT2D eigenvalue weighted by atomic mass is 16.5. The van der Waals surface area contributed by atoms with Gasteiger partial charge in [-0.05, 0) is 65.6 Å². The zero-order valence-corrected chi connectivity index (χ0v) is 22.0. The Balaban J connectivity index is 1.50. The van der Waals surface area contributed by atoms with Crippen LogP contribution in [0.5, 0.6) is 11.5 Å². The third kappa shape index (κ3) is 5.11. The Bertz CT molecular complexity index is 1620. The molecule has 1 aliphatic rings. The summed E-state index contributed by atoms with van der Waals surface area (Å²) in [5.41, 5.74) is 3.89. The van der Waals surface area contributed by atoms with E-state index in [0.717, 1.165) is 38.8 Å². The van der Waals surface area contributed by atoms with Gasteiger partial charge in [-0.2, -0.15) is 0 Å². The van der Waals surface area contributed by atoms with Crippen molar-refractivity contribution in [2.24, 2.45) is 0 Å². The van der Waals surface area contributed by atoms with Crippen LogP contribution in [-0.4, -0.2) is 25.0 Å². The molecule has 1 N–H and O–H groups in total. The molecule has 0 bridgehead atoms. The van der Waals surface area contributed by atoms with Crippen molar-refractivity contribution >= 4 is 40.4 Å². The van der Waals surface area contributed by atoms with E-state index in [4.69, 9.17) is 9.47 Å². The zero-order valence-electron chi connectivity index (χ0n) is 22.0. The van der Waals surface area contributed by atoms with Crippen LogP contribution in [0.3, 0.4) is 0 Å². The number of rotatable bonds is 7. The molecule has 0 spiro atoms. The number of nitrogens with one attached hydrogen (secondary N) is 1. The number of ether oxygens (including phenoxy) is 2. The van der Waals surface area contributed by atoms with Crippen LogP contribution in [0.15, 0.2) is 84.4 Å². The molecule has 5 rings (SSSR count). The molecular weight excluding hydrogens is 492 g/mol. The molecule has 39 heavy (non-hydrogen) atoms. The minimum Gasteiger partial charge on any atom is -0.497 e. The van der Waals surface area contributed by atoms with Crippen molar-refractivity contribution < 1.29 is 23.9 Å². The van der Waals surface area contributed by atoms with Gasteiger partial charge in [-0.3, -0.25) is 14.9 Å². The predicted octanol–water partition coefficient (Wildman–Crippen LogP) is 5.96. The van der Waals surface area contributed by atoms with E-state index in [1.54, 1.807) is 37.4 Å². The fourth-order valence-electron chi connectivity index (χ4n) is 4.60. The molecule has 0 unspecified atom stereocenters. The summed E-state index contributed by atoms with van der Waals surface area (Å²) in [6.07, 6.45) is 2.27. The summed E-state index contributed by atoms with van der Waals surface area (Å²) in [5.74, 6) is -0.475. The first-order valence-electron chi connectivity index (χ1n) is 12.7. The summed E-state index contributed by atoms with van der Waals surface area (Å²) in [7, 11) is 1.55. The van der Waals surface area contributed by atoms with Gasteiger partial charge in [-0.25, -0.2) is 9.69 Å². The summed E-state index contributed by atoms with van der Waals surface area (Å²) in [5, 5.41) is 4.47. The minimum atomic E-state index is -0.788. The Labute approximate surface area is 226 Å². The maximum absolute atomic E-state index is 13.4. The average molecular weight is 521 g/mol. The van der Waals surface area contributed by atoms with Gasteiger partial charge in [0.1, 0.15) is 23.7 Å². The lowest BCUT2D eigenvalue weighted by molar-refractivity contribution is -0.122. The monoisotopic (exact) mass is 520 g/mol. The fourth-order valence-corrected chi connectivity index (χ4v) is 4.60. The largest absolute Gasteiger partial charge is 0.497 e. The molecule has 0 aliphatic carbocycles. The first-order chi connectivity index (χ1) is 18.9. The Hall–Kier alpha value is -4.91. The number of anilines is 1. The molecule has 0 saturated carbocycles. The van der Waals surface area contributed by atoms with Crippen LogP contribution in [0, 0.1) is 6.92 Å². The summed E-state index contributed by atoms with van der Waals surface area (Å²) < 4.78 is 11.7. The lowest BCUT2D eigenvalue weighted by Crippen LogP contribution is -2.54. The van der Waals surface area contributed by atoms with Crippen molar-refractivity contribution in [2.45, 2.75) is 26.9 Å². The molecule has 4 aromatic carbocycles. The Kier molecular flexibility index (Phi) is 7.14. The van der Waals surface area contributed by atoms with Crippen molar-refractivity contribution in [1.82, 2.24) is 5.32 Å². The highest BCUT2D eigenvalue weighted by Gasteiger charge is 2.37. The van der Waals surface area contributed by atoms with E-state index in [9.17, 15) is 14.4 Å². The van der Waals surface area contributed by atoms with E-state index in [1.807, 2.05) is 38.1 Å². The number of carbonyl (C=O) groups is 3. The zero-order chi connectivity index (χ0) is 27.5. The standard InChI is InChI=1S/C32H28N2O5/c1-4-21-10-14-24(15-11-21)34-31(36)27(30(35)33-32(34)37)17-23-13-16-25(38-3)18-29(23)39-19-28-20(2)9-12-22-7-5-6-8-26(22)28/h5-18H,4,19H2,1-3H3,(H,33,35,37)/b27-17+. The Morgan fingerprint density at radius 3 is 2.44 bits per heavy atom. The molecule has 0 radical (unpaired) electrons. The van der Waals surface area contributed by atoms with Crippen LogP contribution in [-0.2, 0) is 22.6 Å². The summed E-state index contributed by atoms with van der Waals surface area (Å²) in [6.45, 7) is 4.32. The van der Waals surface area contributed by atoms with Crippen LogP contribution in [0.25, 0.3) is 16.8 Å². The summed E-state index contributed by atoms with van der Waals surface area (Å²) in [4.78, 5) is 39.8. The molecule has 4 aromatic rings. The SMILES string of the molecule is CCc1ccc(N2C(=O)NC(=O)/C(=C\c3ccc(OC)cc3OCc3c(C)ccc4ccccc34)C2=O)cc1. The number of barbiturate groups is 1. The van der Waals surface area contributed by atoms with Gasteiger partial charge in [-0.1, -0.05) is 55.5 Å². The van der Waals surface area contributed by atoms with Crippen LogP contribution < -0.4 is 19.7 Å². The molecule has 7 nitrogen and oxygen atoms in total. The number of urea groups is 1.